The third kappa shape index (κ3) is 3.91. The average Bonchev–Trinajstić information content (AvgIpc) is 3.16. The van der Waals surface area contributed by atoms with Crippen molar-refractivity contribution in [2.45, 2.75) is 45.4 Å². The fourth-order valence-corrected chi connectivity index (χ4v) is 6.04. The predicted octanol–water partition coefficient (Wildman–Crippen LogP) is 5.19. The van der Waals surface area contributed by atoms with Crippen LogP contribution in [0.15, 0.2) is 36.4 Å². The topological polar surface area (TPSA) is 75.7 Å². The van der Waals surface area contributed by atoms with Crippen LogP contribution in [0.3, 0.4) is 0 Å². The predicted molar refractivity (Wildman–Crippen MR) is 129 cm³/mol. The smallest absolute Gasteiger partial charge is 0.261 e. The molecular weight excluding hydrogens is 436 g/mol. The monoisotopic (exact) mass is 462 g/mol. The second kappa shape index (κ2) is 8.98. The molecule has 0 bridgehead atoms. The van der Waals surface area contributed by atoms with E-state index in [1.165, 1.54) is 21.8 Å². The number of thiophene rings is 1. The molecule has 1 N–H and O–H groups in total. The number of nitrogens with zero attached hydrogens (tertiary/aromatic N) is 1. The van der Waals surface area contributed by atoms with Gasteiger partial charge in [0.15, 0.2) is 5.75 Å². The van der Waals surface area contributed by atoms with Crippen LogP contribution in [0.5, 0.6) is 5.75 Å². The van der Waals surface area contributed by atoms with E-state index >= 15 is 0 Å². The summed E-state index contributed by atoms with van der Waals surface area (Å²) < 4.78 is 5.86. The number of carbonyl (C=O) groups is 3. The third-order valence-corrected chi connectivity index (χ3v) is 7.49. The molecule has 0 radical (unpaired) electrons. The first kappa shape index (κ1) is 21.6. The van der Waals surface area contributed by atoms with E-state index < -0.39 is 0 Å². The van der Waals surface area contributed by atoms with Crippen LogP contribution in [0.1, 0.15) is 63.8 Å². The lowest BCUT2D eigenvalue weighted by atomic mass is 9.94. The molecule has 1 aromatic heterocycles. The maximum Gasteiger partial charge on any atom is 0.261 e. The summed E-state index contributed by atoms with van der Waals surface area (Å²) in [5.41, 5.74) is 2.32. The van der Waals surface area contributed by atoms with E-state index in [1.54, 1.807) is 23.5 Å². The quantitative estimate of drug-likeness (QED) is 0.490. The highest BCUT2D eigenvalue weighted by Gasteiger charge is 2.32. The zero-order chi connectivity index (χ0) is 22.9. The van der Waals surface area contributed by atoms with Gasteiger partial charge in [-0.1, -0.05) is 24.3 Å². The van der Waals surface area contributed by atoms with Gasteiger partial charge in [-0.2, -0.15) is 0 Å². The number of hydrogen-bond donors (Lipinski definition) is 1. The molecule has 0 spiro atoms. The van der Waals surface area contributed by atoms with Crippen molar-refractivity contribution >= 4 is 44.8 Å². The molecule has 3 amide bonds. The molecule has 2 aliphatic rings. The molecule has 0 saturated carbocycles. The van der Waals surface area contributed by atoms with Crippen LogP contribution in [0, 0.1) is 0 Å². The van der Waals surface area contributed by atoms with E-state index in [1.807, 2.05) is 31.2 Å². The van der Waals surface area contributed by atoms with Gasteiger partial charge >= 0.3 is 0 Å². The average molecular weight is 463 g/mol. The van der Waals surface area contributed by atoms with Crippen molar-refractivity contribution in [3.63, 3.8) is 0 Å². The third-order valence-electron chi connectivity index (χ3n) is 6.31. The van der Waals surface area contributed by atoms with E-state index in [2.05, 4.69) is 5.32 Å². The number of carbonyl (C=O) groups excluding carboxylic acids is 3. The number of anilines is 1. The lowest BCUT2D eigenvalue weighted by Crippen LogP contribution is -2.41. The fraction of sp³-hybridized carbons (Fsp3) is 0.346. The van der Waals surface area contributed by atoms with Gasteiger partial charge < -0.3 is 10.1 Å². The van der Waals surface area contributed by atoms with Crippen LogP contribution < -0.4 is 10.1 Å². The molecule has 5 rings (SSSR count). The van der Waals surface area contributed by atoms with Gasteiger partial charge in [-0.05, 0) is 56.5 Å². The molecule has 2 heterocycles. The molecule has 7 heteroatoms. The highest BCUT2D eigenvalue weighted by molar-refractivity contribution is 7.17. The largest absolute Gasteiger partial charge is 0.490 e. The maximum absolute atomic E-state index is 13.0. The Hall–Kier alpha value is -3.19. The summed E-state index contributed by atoms with van der Waals surface area (Å²) in [6, 6.07) is 11.0. The Morgan fingerprint density at radius 2 is 1.76 bits per heavy atom. The molecule has 2 aromatic carbocycles. The van der Waals surface area contributed by atoms with Crippen molar-refractivity contribution < 1.29 is 19.1 Å². The van der Waals surface area contributed by atoms with Gasteiger partial charge in [-0.25, -0.2) is 0 Å². The van der Waals surface area contributed by atoms with Crippen molar-refractivity contribution in [1.82, 2.24) is 4.90 Å². The van der Waals surface area contributed by atoms with E-state index in [0.717, 1.165) is 35.4 Å². The molecule has 0 saturated heterocycles. The minimum Gasteiger partial charge on any atom is -0.490 e. The Bertz CT molecular complexity index is 1210. The molecule has 6 nitrogen and oxygen atoms in total. The van der Waals surface area contributed by atoms with Crippen molar-refractivity contribution in [2.24, 2.45) is 0 Å². The molecular formula is C26H26N2O4S. The number of rotatable bonds is 7. The summed E-state index contributed by atoms with van der Waals surface area (Å²) in [6.07, 6.45) is 4.95. The fourth-order valence-electron chi connectivity index (χ4n) is 4.79. The minimum absolute atomic E-state index is 0.131. The number of aryl methyl sites for hydroxylation is 1. The SMILES string of the molecule is CCOc1c(NC(=O)CCCN2C(=O)c3cccc4cccc(c34)C2=O)sc2c1CCCC2. The summed E-state index contributed by atoms with van der Waals surface area (Å²) >= 11 is 1.61. The number of fused-ring (bicyclic) bond motifs is 1. The number of hydrogen-bond acceptors (Lipinski definition) is 5. The van der Waals surface area contributed by atoms with Crippen LogP contribution in [0.4, 0.5) is 5.00 Å². The molecule has 33 heavy (non-hydrogen) atoms. The molecule has 0 atom stereocenters. The molecule has 0 unspecified atom stereocenters. The molecule has 1 aliphatic heterocycles. The lowest BCUT2D eigenvalue weighted by molar-refractivity contribution is -0.116. The number of ether oxygens (including phenoxy) is 1. The Morgan fingerprint density at radius 1 is 1.06 bits per heavy atom. The van der Waals surface area contributed by atoms with Crippen LogP contribution in [-0.4, -0.2) is 35.8 Å². The number of nitrogens with one attached hydrogen (secondary N) is 1. The zero-order valence-corrected chi connectivity index (χ0v) is 19.4. The Kier molecular flexibility index (Phi) is 5.89. The maximum atomic E-state index is 13.0. The molecule has 3 aromatic rings. The summed E-state index contributed by atoms with van der Waals surface area (Å²) in [5, 5.41) is 5.39. The molecule has 170 valence electrons. The number of benzene rings is 2. The van der Waals surface area contributed by atoms with E-state index in [9.17, 15) is 14.4 Å². The van der Waals surface area contributed by atoms with Crippen molar-refractivity contribution in [3.05, 3.63) is 58.0 Å². The first-order valence-corrected chi connectivity index (χ1v) is 12.3. The standard InChI is InChI=1S/C26H26N2O4S/c1-2-32-23-17-10-3-4-13-20(17)33-24(23)27-21(29)14-7-15-28-25(30)18-11-5-8-16-9-6-12-19(22(16)18)26(28)31/h5-6,8-9,11-12H,2-4,7,10,13-15H2,1H3,(H,27,29). The van der Waals surface area contributed by atoms with Crippen LogP contribution >= 0.6 is 11.3 Å². The van der Waals surface area contributed by atoms with E-state index in [0.29, 0.717) is 29.5 Å². The van der Waals surface area contributed by atoms with Gasteiger partial charge in [0.1, 0.15) is 5.00 Å². The van der Waals surface area contributed by atoms with Crippen LogP contribution in [0.2, 0.25) is 0 Å². The first-order chi connectivity index (χ1) is 16.1. The van der Waals surface area contributed by atoms with Gasteiger partial charge in [0.25, 0.3) is 11.8 Å². The van der Waals surface area contributed by atoms with Crippen LogP contribution in [0.25, 0.3) is 10.8 Å². The normalized spacial score (nSPS) is 15.0. The number of imide groups is 1. The zero-order valence-electron chi connectivity index (χ0n) is 18.6. The second-order valence-electron chi connectivity index (χ2n) is 8.43. The van der Waals surface area contributed by atoms with Crippen molar-refractivity contribution in [2.75, 3.05) is 18.5 Å². The highest BCUT2D eigenvalue weighted by Crippen LogP contribution is 2.44. The first-order valence-electron chi connectivity index (χ1n) is 11.5. The highest BCUT2D eigenvalue weighted by atomic mass is 32.1. The van der Waals surface area contributed by atoms with Crippen LogP contribution in [-0.2, 0) is 17.6 Å². The molecule has 0 fully saturated rings. The summed E-state index contributed by atoms with van der Waals surface area (Å²) in [5.74, 6) is 0.0918. The van der Waals surface area contributed by atoms with E-state index in [-0.39, 0.29) is 30.7 Å². The Balaban J connectivity index is 1.25. The van der Waals surface area contributed by atoms with Gasteiger partial charge in [-0.15, -0.1) is 11.3 Å². The van der Waals surface area contributed by atoms with Gasteiger partial charge in [-0.3, -0.25) is 19.3 Å². The second-order valence-corrected chi connectivity index (χ2v) is 9.53. The number of amides is 3. The van der Waals surface area contributed by atoms with Gasteiger partial charge in [0, 0.05) is 39.9 Å². The summed E-state index contributed by atoms with van der Waals surface area (Å²) in [7, 11) is 0. The van der Waals surface area contributed by atoms with Gasteiger partial charge in [0.05, 0.1) is 6.61 Å². The van der Waals surface area contributed by atoms with Crippen molar-refractivity contribution in [3.8, 4) is 5.75 Å². The Labute approximate surface area is 196 Å². The van der Waals surface area contributed by atoms with Gasteiger partial charge in [0.2, 0.25) is 5.91 Å². The lowest BCUT2D eigenvalue weighted by Gasteiger charge is -2.27. The molecule has 1 aliphatic carbocycles. The van der Waals surface area contributed by atoms with Crippen molar-refractivity contribution in [1.29, 1.82) is 0 Å². The van der Waals surface area contributed by atoms with E-state index in [4.69, 9.17) is 4.74 Å². The Morgan fingerprint density at radius 3 is 2.45 bits per heavy atom. The summed E-state index contributed by atoms with van der Waals surface area (Å²) in [4.78, 5) is 41.3. The minimum atomic E-state index is -0.297. The summed E-state index contributed by atoms with van der Waals surface area (Å²) in [6.45, 7) is 2.71.